The fourth-order valence-corrected chi connectivity index (χ4v) is 4.46. The van der Waals surface area contributed by atoms with Crippen molar-refractivity contribution in [1.82, 2.24) is 0 Å². The van der Waals surface area contributed by atoms with Crippen LogP contribution in [-0.2, 0) is 4.79 Å². The molecule has 0 bridgehead atoms. The number of benzene rings is 3. The quantitative estimate of drug-likeness (QED) is 0.330. The lowest BCUT2D eigenvalue weighted by Crippen LogP contribution is -1.92. The first kappa shape index (κ1) is 20.5. The maximum atomic E-state index is 10.7. The molecule has 0 radical (unpaired) electrons. The molecule has 1 aromatic heterocycles. The topological polar surface area (TPSA) is 67.8 Å². The summed E-state index contributed by atoms with van der Waals surface area (Å²) in [5, 5.41) is 13.4. The van der Waals surface area contributed by atoms with E-state index >= 15 is 0 Å². The van der Waals surface area contributed by atoms with Crippen LogP contribution < -0.4 is 14.8 Å². The summed E-state index contributed by atoms with van der Waals surface area (Å²) in [6, 6.07) is 21.7. The number of hydrogen-bond acceptors (Lipinski definition) is 5. The van der Waals surface area contributed by atoms with E-state index in [9.17, 15) is 4.79 Å². The maximum Gasteiger partial charge on any atom is 0.328 e. The number of nitrogens with one attached hydrogen (secondary N) is 1. The van der Waals surface area contributed by atoms with E-state index in [1.807, 2.05) is 60.7 Å². The average Bonchev–Trinajstić information content (AvgIpc) is 3.16. The van der Waals surface area contributed by atoms with Gasteiger partial charge in [0.2, 0.25) is 0 Å². The van der Waals surface area contributed by atoms with Crippen molar-refractivity contribution in [2.45, 2.75) is 0 Å². The number of hydrogen-bond donors (Lipinski definition) is 2. The number of carbonyl (C=O) groups is 1. The van der Waals surface area contributed by atoms with E-state index in [0.717, 1.165) is 55.0 Å². The molecule has 2 N–H and O–H groups in total. The molecule has 6 heteroatoms. The first-order chi connectivity index (χ1) is 15.1. The second kappa shape index (κ2) is 8.93. The standard InChI is InChI=1S/C25H21NO4S/c1-29-19-10-6-17(7-11-19)25-24(21-13-12-20(30-2)15-22(21)31-25)26-18-8-3-16(4-9-18)5-14-23(27)28/h3-15,26H,1-2H3,(H,27,28). The van der Waals surface area contributed by atoms with Gasteiger partial charge >= 0.3 is 5.97 Å². The third-order valence-corrected chi connectivity index (χ3v) is 6.05. The molecule has 4 aromatic rings. The molecular weight excluding hydrogens is 410 g/mol. The molecule has 31 heavy (non-hydrogen) atoms. The van der Waals surface area contributed by atoms with Crippen LogP contribution in [-0.4, -0.2) is 25.3 Å². The highest BCUT2D eigenvalue weighted by Crippen LogP contribution is 2.45. The second-order valence-electron chi connectivity index (χ2n) is 6.82. The molecule has 4 rings (SSSR count). The normalized spacial score (nSPS) is 11.0. The lowest BCUT2D eigenvalue weighted by atomic mass is 10.1. The van der Waals surface area contributed by atoms with Gasteiger partial charge in [-0.05, 0) is 71.8 Å². The smallest absolute Gasteiger partial charge is 0.328 e. The number of carboxylic acid groups (broad SMARTS) is 1. The van der Waals surface area contributed by atoms with Crippen molar-refractivity contribution in [3.63, 3.8) is 0 Å². The van der Waals surface area contributed by atoms with E-state index in [1.54, 1.807) is 31.6 Å². The number of ether oxygens (including phenoxy) is 2. The Hall–Kier alpha value is -3.77. The first-order valence-electron chi connectivity index (χ1n) is 9.60. The molecule has 0 atom stereocenters. The fourth-order valence-electron chi connectivity index (χ4n) is 3.26. The monoisotopic (exact) mass is 431 g/mol. The summed E-state index contributed by atoms with van der Waals surface area (Å²) in [5.74, 6) is 0.661. The molecule has 0 amide bonds. The number of carboxylic acids is 1. The number of aliphatic carboxylic acids is 1. The van der Waals surface area contributed by atoms with Crippen LogP contribution in [0.25, 0.3) is 26.6 Å². The Kier molecular flexibility index (Phi) is 5.91. The summed E-state index contributed by atoms with van der Waals surface area (Å²) in [6.45, 7) is 0. The predicted molar refractivity (Wildman–Crippen MR) is 127 cm³/mol. The largest absolute Gasteiger partial charge is 0.497 e. The van der Waals surface area contributed by atoms with Crippen molar-refractivity contribution in [2.24, 2.45) is 0 Å². The zero-order valence-corrected chi connectivity index (χ0v) is 17.9. The molecule has 0 saturated heterocycles. The minimum absolute atomic E-state index is 0.811. The Morgan fingerprint density at radius 2 is 1.61 bits per heavy atom. The van der Waals surface area contributed by atoms with E-state index in [2.05, 4.69) is 11.4 Å². The third-order valence-electron chi connectivity index (χ3n) is 4.85. The fraction of sp³-hybridized carbons (Fsp3) is 0.0800. The van der Waals surface area contributed by atoms with E-state index in [0.29, 0.717) is 0 Å². The molecule has 5 nitrogen and oxygen atoms in total. The van der Waals surface area contributed by atoms with Crippen molar-refractivity contribution >= 4 is 44.8 Å². The van der Waals surface area contributed by atoms with Gasteiger partial charge in [0.25, 0.3) is 0 Å². The van der Waals surface area contributed by atoms with E-state index in [1.165, 1.54) is 0 Å². The van der Waals surface area contributed by atoms with Crippen LogP contribution >= 0.6 is 11.3 Å². The Labute approximate surface area is 184 Å². The van der Waals surface area contributed by atoms with Gasteiger partial charge in [0.05, 0.1) is 24.8 Å². The molecule has 1 heterocycles. The van der Waals surface area contributed by atoms with Crippen LogP contribution in [0.4, 0.5) is 11.4 Å². The number of methoxy groups -OCH3 is 2. The lowest BCUT2D eigenvalue weighted by Gasteiger charge is -2.10. The van der Waals surface area contributed by atoms with Crippen molar-refractivity contribution < 1.29 is 19.4 Å². The molecule has 0 aliphatic rings. The zero-order valence-electron chi connectivity index (χ0n) is 17.1. The van der Waals surface area contributed by atoms with Gasteiger partial charge < -0.3 is 19.9 Å². The molecule has 0 unspecified atom stereocenters. The van der Waals surface area contributed by atoms with E-state index in [4.69, 9.17) is 14.6 Å². The molecule has 0 fully saturated rings. The molecule has 0 saturated carbocycles. The average molecular weight is 432 g/mol. The van der Waals surface area contributed by atoms with E-state index in [-0.39, 0.29) is 0 Å². The van der Waals surface area contributed by atoms with E-state index < -0.39 is 5.97 Å². The van der Waals surface area contributed by atoms with Crippen molar-refractivity contribution in [3.05, 3.63) is 78.4 Å². The zero-order chi connectivity index (χ0) is 21.8. The lowest BCUT2D eigenvalue weighted by molar-refractivity contribution is -0.131. The number of fused-ring (bicyclic) bond motifs is 1. The predicted octanol–water partition coefficient (Wildman–Crippen LogP) is 6.43. The van der Waals surface area contributed by atoms with Gasteiger partial charge in [0.1, 0.15) is 11.5 Å². The first-order valence-corrected chi connectivity index (χ1v) is 10.4. The summed E-state index contributed by atoms with van der Waals surface area (Å²) in [5.41, 5.74) is 3.84. The van der Waals surface area contributed by atoms with Crippen LogP contribution in [0.1, 0.15) is 5.56 Å². The molecule has 0 aliphatic carbocycles. The molecular formula is C25H21NO4S. The van der Waals surface area contributed by atoms with Gasteiger partial charge in [-0.25, -0.2) is 4.79 Å². The third kappa shape index (κ3) is 4.54. The van der Waals surface area contributed by atoms with Gasteiger partial charge in [-0.1, -0.05) is 12.1 Å². The summed E-state index contributed by atoms with van der Waals surface area (Å²) in [6.07, 6.45) is 2.70. The molecule has 3 aromatic carbocycles. The summed E-state index contributed by atoms with van der Waals surface area (Å²) < 4.78 is 11.8. The number of thiophene rings is 1. The minimum Gasteiger partial charge on any atom is -0.497 e. The highest BCUT2D eigenvalue weighted by Gasteiger charge is 2.15. The van der Waals surface area contributed by atoms with Gasteiger partial charge in [0, 0.05) is 21.8 Å². The number of anilines is 2. The van der Waals surface area contributed by atoms with Gasteiger partial charge in [-0.15, -0.1) is 11.3 Å². The highest BCUT2D eigenvalue weighted by molar-refractivity contribution is 7.23. The van der Waals surface area contributed by atoms with Crippen molar-refractivity contribution in [1.29, 1.82) is 0 Å². The minimum atomic E-state index is -0.966. The van der Waals surface area contributed by atoms with Gasteiger partial charge in [-0.3, -0.25) is 0 Å². The van der Waals surface area contributed by atoms with Crippen LogP contribution in [0.5, 0.6) is 11.5 Å². The Morgan fingerprint density at radius 1 is 0.935 bits per heavy atom. The van der Waals surface area contributed by atoms with Gasteiger partial charge in [-0.2, -0.15) is 0 Å². The number of rotatable bonds is 7. The van der Waals surface area contributed by atoms with Crippen LogP contribution in [0.15, 0.2) is 72.8 Å². The molecule has 0 aliphatic heterocycles. The Balaban J connectivity index is 1.75. The highest BCUT2D eigenvalue weighted by atomic mass is 32.1. The summed E-state index contributed by atoms with van der Waals surface area (Å²) in [4.78, 5) is 11.8. The maximum absolute atomic E-state index is 10.7. The van der Waals surface area contributed by atoms with Crippen LogP contribution in [0.3, 0.4) is 0 Å². The van der Waals surface area contributed by atoms with Crippen molar-refractivity contribution in [3.8, 4) is 21.9 Å². The SMILES string of the molecule is COc1ccc(-c2sc3cc(OC)ccc3c2Nc2ccc(C=CC(=O)O)cc2)cc1. The molecule has 156 valence electrons. The Morgan fingerprint density at radius 3 is 2.26 bits per heavy atom. The van der Waals surface area contributed by atoms with Gasteiger partial charge in [0.15, 0.2) is 0 Å². The Bertz CT molecular complexity index is 1240. The summed E-state index contributed by atoms with van der Waals surface area (Å²) in [7, 11) is 3.32. The van der Waals surface area contributed by atoms with Crippen LogP contribution in [0, 0.1) is 0 Å². The van der Waals surface area contributed by atoms with Crippen LogP contribution in [0.2, 0.25) is 0 Å². The molecule has 0 spiro atoms. The summed E-state index contributed by atoms with van der Waals surface area (Å²) >= 11 is 1.69. The van der Waals surface area contributed by atoms with Crippen molar-refractivity contribution in [2.75, 3.05) is 19.5 Å². The second-order valence-corrected chi connectivity index (χ2v) is 7.87.